The minimum atomic E-state index is -3.21. The maximum absolute atomic E-state index is 13.1. The molecule has 1 aliphatic rings. The molecule has 292 valence electrons. The zero-order valence-corrected chi connectivity index (χ0v) is 33.2. The number of piperazine rings is 1. The molecule has 6 aromatic heterocycles. The number of halogens is 1. The highest BCUT2D eigenvalue weighted by Crippen LogP contribution is 2.24. The number of benzene rings is 2. The lowest BCUT2D eigenvalue weighted by Gasteiger charge is -2.34. The van der Waals surface area contributed by atoms with Gasteiger partial charge in [0, 0.05) is 26.2 Å². The predicted octanol–water partition coefficient (Wildman–Crippen LogP) is 2.23. The highest BCUT2D eigenvalue weighted by Gasteiger charge is 2.25. The van der Waals surface area contributed by atoms with Gasteiger partial charge in [0.15, 0.2) is 22.5 Å². The van der Waals surface area contributed by atoms with Crippen LogP contribution in [0.2, 0.25) is 0 Å². The maximum atomic E-state index is 13.1. The summed E-state index contributed by atoms with van der Waals surface area (Å²) in [6, 6.07) is 16.9. The minimum Gasteiger partial charge on any atom is -0.497 e. The summed E-state index contributed by atoms with van der Waals surface area (Å²) in [6.07, 6.45) is 7.18. The Morgan fingerprint density at radius 3 is 1.77 bits per heavy atom. The summed E-state index contributed by atoms with van der Waals surface area (Å²) in [4.78, 5) is 49.7. The molecule has 0 atom stereocenters. The van der Waals surface area contributed by atoms with E-state index in [9.17, 15) is 18.0 Å². The largest absolute Gasteiger partial charge is 0.497 e. The van der Waals surface area contributed by atoms with Gasteiger partial charge in [-0.25, -0.2) is 42.9 Å². The van der Waals surface area contributed by atoms with Gasteiger partial charge in [-0.3, -0.25) is 9.13 Å². The van der Waals surface area contributed by atoms with Gasteiger partial charge in [-0.15, -0.1) is 0 Å². The summed E-state index contributed by atoms with van der Waals surface area (Å²) < 4.78 is 41.6. The second-order valence-corrected chi connectivity index (χ2v) is 15.8. The number of sulfonamides is 1. The molecule has 1 aliphatic heterocycles. The van der Waals surface area contributed by atoms with Crippen LogP contribution in [0.3, 0.4) is 0 Å². The molecule has 0 spiro atoms. The van der Waals surface area contributed by atoms with Gasteiger partial charge in [0.05, 0.1) is 57.0 Å². The molecular formula is C36H34BrN13O6S. The molecule has 0 bridgehead atoms. The maximum Gasteiger partial charge on any atom is 0.352 e. The average Bonchev–Trinajstić information content (AvgIpc) is 3.93. The van der Waals surface area contributed by atoms with E-state index in [1.165, 1.54) is 36.8 Å². The third-order valence-electron chi connectivity index (χ3n) is 9.53. The Bertz CT molecular complexity index is 3000. The third-order valence-corrected chi connectivity index (χ3v) is 11.2. The Labute approximate surface area is 332 Å². The zero-order valence-electron chi connectivity index (χ0n) is 30.8. The molecule has 7 heterocycles. The fraction of sp³-hybridized carbons (Fsp3) is 0.250. The van der Waals surface area contributed by atoms with E-state index < -0.39 is 10.0 Å². The Kier molecular flexibility index (Phi) is 10.1. The molecule has 9 rings (SSSR count). The van der Waals surface area contributed by atoms with Gasteiger partial charge >= 0.3 is 11.4 Å². The van der Waals surface area contributed by atoms with Crippen molar-refractivity contribution in [3.63, 3.8) is 0 Å². The van der Waals surface area contributed by atoms with E-state index in [-0.39, 0.29) is 11.4 Å². The summed E-state index contributed by atoms with van der Waals surface area (Å²) in [7, 11) is 0.00700. The lowest BCUT2D eigenvalue weighted by molar-refractivity contribution is 0.388. The van der Waals surface area contributed by atoms with Crippen molar-refractivity contribution >= 4 is 65.1 Å². The molecule has 8 aromatic rings. The summed E-state index contributed by atoms with van der Waals surface area (Å²) >= 11 is 3.30. The number of nitrogens with zero attached hydrogens (tertiary/aromatic N) is 13. The standard InChI is InChI=1S/C21H23N7O4S.C15H11BrN6O2/c1-32-17-5-3-15(4-6-17)13-27-19-18(20-23-14-24-28(20)21(27)29)11-16(12-22-19)25-7-9-26(10-8-25)33(2,30)31;1-24-10-4-2-9(3-5-10)7-21-13-12(20-11(16)6-17-13)14-18-8-19-22(14)15(21)23/h3-6,11-12,14H,7-10,13H2,1-2H3;2-6,8H,7H2,1H3. The quantitative estimate of drug-likeness (QED) is 0.215. The van der Waals surface area contributed by atoms with Gasteiger partial charge in [0.25, 0.3) is 0 Å². The van der Waals surface area contributed by atoms with Crippen molar-refractivity contribution in [2.45, 2.75) is 13.1 Å². The number of anilines is 1. The second-order valence-electron chi connectivity index (χ2n) is 13.0. The van der Waals surface area contributed by atoms with Crippen LogP contribution in [-0.4, -0.2) is 113 Å². The molecule has 1 saturated heterocycles. The number of hydrogen-bond acceptors (Lipinski definition) is 14. The van der Waals surface area contributed by atoms with E-state index in [2.05, 4.69) is 55.9 Å². The van der Waals surface area contributed by atoms with E-state index in [1.807, 2.05) is 54.6 Å². The normalized spacial score (nSPS) is 13.6. The van der Waals surface area contributed by atoms with E-state index in [4.69, 9.17) is 9.47 Å². The van der Waals surface area contributed by atoms with Crippen LogP contribution in [0.5, 0.6) is 11.5 Å². The number of rotatable bonds is 8. The molecule has 21 heteroatoms. The van der Waals surface area contributed by atoms with Gasteiger partial charge in [0.1, 0.15) is 34.4 Å². The van der Waals surface area contributed by atoms with E-state index in [0.29, 0.717) is 77.4 Å². The van der Waals surface area contributed by atoms with Crippen molar-refractivity contribution < 1.29 is 17.9 Å². The van der Waals surface area contributed by atoms with Crippen molar-refractivity contribution in [1.82, 2.24) is 57.6 Å². The Hall–Kier alpha value is -6.32. The minimum absolute atomic E-state index is 0.314. The monoisotopic (exact) mass is 855 g/mol. The summed E-state index contributed by atoms with van der Waals surface area (Å²) in [5.74, 6) is 1.49. The van der Waals surface area contributed by atoms with Crippen LogP contribution in [0.1, 0.15) is 11.1 Å². The first-order valence-corrected chi connectivity index (χ1v) is 20.1. The number of fused-ring (bicyclic) bond motifs is 6. The molecule has 0 aliphatic carbocycles. The molecular weight excluding hydrogens is 822 g/mol. The molecule has 0 saturated carbocycles. The van der Waals surface area contributed by atoms with Crippen LogP contribution >= 0.6 is 15.9 Å². The van der Waals surface area contributed by atoms with Gasteiger partial charge in [0.2, 0.25) is 10.0 Å². The molecule has 0 N–H and O–H groups in total. The van der Waals surface area contributed by atoms with Gasteiger partial charge in [-0.2, -0.15) is 23.5 Å². The lowest BCUT2D eigenvalue weighted by atomic mass is 10.2. The molecule has 0 unspecified atom stereocenters. The first-order chi connectivity index (χ1) is 27.5. The number of aromatic nitrogens is 11. The van der Waals surface area contributed by atoms with Crippen LogP contribution in [-0.2, 0) is 23.1 Å². The Morgan fingerprint density at radius 1 is 0.684 bits per heavy atom. The topological polar surface area (TPSA) is 202 Å². The SMILES string of the molecule is COc1ccc(Cn2c(=O)n3ncnc3c3cc(N4CCN(S(C)(=O)=O)CC4)cnc32)cc1.COc1ccc(Cn2c(=O)n3ncnc3c3nc(Br)cnc32)cc1. The Morgan fingerprint density at radius 2 is 1.21 bits per heavy atom. The van der Waals surface area contributed by atoms with Crippen molar-refractivity contribution in [1.29, 1.82) is 0 Å². The highest BCUT2D eigenvalue weighted by atomic mass is 79.9. The number of hydrogen-bond donors (Lipinski definition) is 0. The van der Waals surface area contributed by atoms with Crippen LogP contribution in [0.4, 0.5) is 5.69 Å². The molecule has 57 heavy (non-hydrogen) atoms. The molecule has 0 amide bonds. The van der Waals surface area contributed by atoms with Gasteiger partial charge in [-0.05, 0) is 57.4 Å². The molecule has 19 nitrogen and oxygen atoms in total. The van der Waals surface area contributed by atoms with Crippen LogP contribution in [0, 0.1) is 0 Å². The fourth-order valence-corrected chi connectivity index (χ4v) is 7.72. The van der Waals surface area contributed by atoms with Crippen LogP contribution in [0.25, 0.3) is 33.5 Å². The van der Waals surface area contributed by atoms with E-state index in [0.717, 1.165) is 28.3 Å². The first kappa shape index (κ1) is 37.6. The van der Waals surface area contributed by atoms with Crippen molar-refractivity contribution in [2.75, 3.05) is 51.6 Å². The molecule has 1 fully saturated rings. The smallest absolute Gasteiger partial charge is 0.352 e. The van der Waals surface area contributed by atoms with Crippen molar-refractivity contribution in [3.05, 3.63) is 116 Å². The number of pyridine rings is 1. The van der Waals surface area contributed by atoms with Gasteiger partial charge in [-0.1, -0.05) is 24.3 Å². The third kappa shape index (κ3) is 7.38. The average molecular weight is 857 g/mol. The van der Waals surface area contributed by atoms with Gasteiger partial charge < -0.3 is 14.4 Å². The second kappa shape index (κ2) is 15.3. The van der Waals surface area contributed by atoms with E-state index in [1.54, 1.807) is 31.2 Å². The van der Waals surface area contributed by atoms with E-state index >= 15 is 0 Å². The fourth-order valence-electron chi connectivity index (χ4n) is 6.62. The number of methoxy groups -OCH3 is 2. The van der Waals surface area contributed by atoms with Crippen LogP contribution in [0.15, 0.2) is 93.8 Å². The summed E-state index contributed by atoms with van der Waals surface area (Å²) in [6.45, 7) is 2.58. The van der Waals surface area contributed by atoms with Crippen LogP contribution < -0.4 is 25.8 Å². The molecule has 2 aromatic carbocycles. The van der Waals surface area contributed by atoms with Crippen molar-refractivity contribution in [3.8, 4) is 11.5 Å². The first-order valence-electron chi connectivity index (χ1n) is 17.5. The lowest BCUT2D eigenvalue weighted by Crippen LogP contribution is -2.48. The zero-order chi connectivity index (χ0) is 39.8. The molecule has 0 radical (unpaired) electrons. The van der Waals surface area contributed by atoms with Crippen molar-refractivity contribution in [2.24, 2.45) is 0 Å². The predicted molar refractivity (Wildman–Crippen MR) is 213 cm³/mol. The highest BCUT2D eigenvalue weighted by molar-refractivity contribution is 9.10. The Balaban J connectivity index is 0.000000168. The summed E-state index contributed by atoms with van der Waals surface area (Å²) in [5, 5.41) is 8.81. The number of ether oxygens (including phenoxy) is 2. The summed E-state index contributed by atoms with van der Waals surface area (Å²) in [5.41, 5.74) is 4.35.